The lowest BCUT2D eigenvalue weighted by molar-refractivity contribution is -0.121. The minimum absolute atomic E-state index is 0.0983. The number of carbonyl (C=O) groups is 1. The fourth-order valence-corrected chi connectivity index (χ4v) is 2.64. The number of nitrogens with one attached hydrogen (secondary N) is 2. The lowest BCUT2D eigenvalue weighted by atomic mass is 9.75. The molecule has 2 N–H and O–H groups in total. The van der Waals surface area contributed by atoms with E-state index in [1.165, 1.54) is 6.07 Å². The van der Waals surface area contributed by atoms with E-state index in [1.807, 2.05) is 12.1 Å². The summed E-state index contributed by atoms with van der Waals surface area (Å²) in [6.45, 7) is 5.59. The molecule has 2 rings (SSSR count). The first-order chi connectivity index (χ1) is 10.1. The predicted octanol–water partition coefficient (Wildman–Crippen LogP) is 2.82. The van der Waals surface area contributed by atoms with Crippen LogP contribution in [-0.2, 0) is 4.79 Å². The van der Waals surface area contributed by atoms with Gasteiger partial charge in [0.25, 0.3) is 0 Å². The minimum atomic E-state index is -0.103. The summed E-state index contributed by atoms with van der Waals surface area (Å²) >= 11 is 0. The molecular weight excluding hydrogens is 267 g/mol. The quantitative estimate of drug-likeness (QED) is 0.811. The molecule has 0 heterocycles. The summed E-state index contributed by atoms with van der Waals surface area (Å²) in [6, 6.07) is 7.42. The molecule has 3 nitrogen and oxygen atoms in total. The van der Waals surface area contributed by atoms with Crippen molar-refractivity contribution in [3.8, 4) is 0 Å². The number of hydrogen-bond donors (Lipinski definition) is 2. The van der Waals surface area contributed by atoms with Crippen LogP contribution in [-0.4, -0.2) is 25.0 Å². The molecule has 1 aliphatic carbocycles. The molecule has 0 aromatic heterocycles. The third-order valence-electron chi connectivity index (χ3n) is 3.98. The Morgan fingerprint density at radius 1 is 1.33 bits per heavy atom. The molecule has 1 fully saturated rings. The Balaban J connectivity index is 1.61. The van der Waals surface area contributed by atoms with Crippen molar-refractivity contribution in [3.05, 3.63) is 35.6 Å². The van der Waals surface area contributed by atoms with Gasteiger partial charge in [-0.2, -0.15) is 0 Å². The highest BCUT2D eigenvalue weighted by atomic mass is 19.1. The Kier molecular flexibility index (Phi) is 5.74. The monoisotopic (exact) mass is 292 g/mol. The van der Waals surface area contributed by atoms with Crippen molar-refractivity contribution in [2.75, 3.05) is 13.1 Å². The van der Waals surface area contributed by atoms with Crippen LogP contribution < -0.4 is 10.6 Å². The van der Waals surface area contributed by atoms with E-state index < -0.39 is 0 Å². The zero-order valence-corrected chi connectivity index (χ0v) is 12.9. The van der Waals surface area contributed by atoms with Crippen molar-refractivity contribution < 1.29 is 9.18 Å². The topological polar surface area (TPSA) is 41.1 Å². The zero-order chi connectivity index (χ0) is 15.2. The van der Waals surface area contributed by atoms with Crippen LogP contribution in [0, 0.1) is 11.7 Å². The van der Waals surface area contributed by atoms with Crippen LogP contribution in [0.4, 0.5) is 4.39 Å². The number of carbonyl (C=O) groups excluding carboxylic acids is 1. The fourth-order valence-electron chi connectivity index (χ4n) is 2.64. The molecule has 0 unspecified atom stereocenters. The van der Waals surface area contributed by atoms with Gasteiger partial charge in [-0.15, -0.1) is 0 Å². The number of halogens is 1. The third-order valence-corrected chi connectivity index (χ3v) is 3.98. The number of rotatable bonds is 7. The molecule has 1 aromatic rings. The fraction of sp³-hybridized carbons (Fsp3) is 0.588. The van der Waals surface area contributed by atoms with Crippen LogP contribution in [0.5, 0.6) is 0 Å². The van der Waals surface area contributed by atoms with E-state index >= 15 is 0 Å². The molecule has 0 bridgehead atoms. The van der Waals surface area contributed by atoms with Gasteiger partial charge in [-0.05, 0) is 36.3 Å². The number of hydrogen-bond acceptors (Lipinski definition) is 2. The lowest BCUT2D eigenvalue weighted by Crippen LogP contribution is -2.42. The molecule has 0 aliphatic heterocycles. The van der Waals surface area contributed by atoms with Crippen LogP contribution in [0.2, 0.25) is 0 Å². The van der Waals surface area contributed by atoms with Crippen molar-refractivity contribution in [1.29, 1.82) is 0 Å². The van der Waals surface area contributed by atoms with Gasteiger partial charge in [0.05, 0.1) is 0 Å². The van der Waals surface area contributed by atoms with E-state index in [9.17, 15) is 9.18 Å². The van der Waals surface area contributed by atoms with Crippen LogP contribution in [0.3, 0.4) is 0 Å². The summed E-state index contributed by atoms with van der Waals surface area (Å²) in [4.78, 5) is 11.6. The predicted molar refractivity (Wildman–Crippen MR) is 82.6 cm³/mol. The maximum atomic E-state index is 13.6. The van der Waals surface area contributed by atoms with Crippen molar-refractivity contribution >= 4 is 5.91 Å². The number of benzene rings is 1. The second-order valence-electron chi connectivity index (χ2n) is 6.29. The standard InChI is InChI=1S/C17H25FN2O/c1-12(2)11-20-17(21)7-8-19-14-9-13(10-14)15-5-3-4-6-16(15)18/h3-6,12-14,19H,7-11H2,1-2H3,(H,20,21). The van der Waals surface area contributed by atoms with Crippen LogP contribution in [0.15, 0.2) is 24.3 Å². The average molecular weight is 292 g/mol. The first kappa shape index (κ1) is 16.0. The highest BCUT2D eigenvalue weighted by Gasteiger charge is 2.31. The molecule has 4 heteroatoms. The average Bonchev–Trinajstić information content (AvgIpc) is 2.40. The van der Waals surface area contributed by atoms with Gasteiger partial charge in [0.2, 0.25) is 5.91 Å². The Hall–Kier alpha value is -1.42. The Bertz CT molecular complexity index is 470. The van der Waals surface area contributed by atoms with Crippen LogP contribution in [0.1, 0.15) is 44.6 Å². The Morgan fingerprint density at radius 3 is 2.71 bits per heavy atom. The first-order valence-electron chi connectivity index (χ1n) is 7.80. The molecule has 0 saturated heterocycles. The molecule has 21 heavy (non-hydrogen) atoms. The molecule has 0 atom stereocenters. The normalized spacial score (nSPS) is 21.1. The van der Waals surface area contributed by atoms with Gasteiger partial charge in [0.1, 0.15) is 5.82 Å². The van der Waals surface area contributed by atoms with Gasteiger partial charge in [-0.25, -0.2) is 4.39 Å². The van der Waals surface area contributed by atoms with E-state index in [2.05, 4.69) is 24.5 Å². The van der Waals surface area contributed by atoms with Crippen LogP contribution >= 0.6 is 0 Å². The van der Waals surface area contributed by atoms with Crippen LogP contribution in [0.25, 0.3) is 0 Å². The molecule has 1 amide bonds. The van der Waals surface area contributed by atoms with Gasteiger partial charge in [-0.1, -0.05) is 32.0 Å². The Labute approximate surface area is 126 Å². The number of amides is 1. The summed E-state index contributed by atoms with van der Waals surface area (Å²) in [5.41, 5.74) is 0.824. The van der Waals surface area contributed by atoms with E-state index in [0.29, 0.717) is 30.8 Å². The molecule has 116 valence electrons. The van der Waals surface area contributed by atoms with Crippen molar-refractivity contribution in [3.63, 3.8) is 0 Å². The maximum absolute atomic E-state index is 13.6. The van der Waals surface area contributed by atoms with E-state index in [0.717, 1.165) is 24.9 Å². The van der Waals surface area contributed by atoms with Gasteiger partial charge in [0, 0.05) is 25.6 Å². The highest BCUT2D eigenvalue weighted by Crippen LogP contribution is 2.37. The third kappa shape index (κ3) is 4.81. The molecule has 1 aliphatic rings. The van der Waals surface area contributed by atoms with E-state index in [-0.39, 0.29) is 11.7 Å². The Morgan fingerprint density at radius 2 is 2.05 bits per heavy atom. The van der Waals surface area contributed by atoms with Crippen molar-refractivity contribution in [2.45, 2.75) is 45.1 Å². The molecule has 1 aromatic carbocycles. The van der Waals surface area contributed by atoms with Gasteiger partial charge < -0.3 is 10.6 Å². The zero-order valence-electron chi connectivity index (χ0n) is 12.9. The lowest BCUT2D eigenvalue weighted by Gasteiger charge is -2.36. The molecule has 0 radical (unpaired) electrons. The van der Waals surface area contributed by atoms with Crippen molar-refractivity contribution in [2.24, 2.45) is 5.92 Å². The van der Waals surface area contributed by atoms with Gasteiger partial charge in [-0.3, -0.25) is 4.79 Å². The minimum Gasteiger partial charge on any atom is -0.356 e. The van der Waals surface area contributed by atoms with Gasteiger partial charge >= 0.3 is 0 Å². The highest BCUT2D eigenvalue weighted by molar-refractivity contribution is 5.76. The molecule has 0 spiro atoms. The largest absolute Gasteiger partial charge is 0.356 e. The SMILES string of the molecule is CC(C)CNC(=O)CCNC1CC(c2ccccc2F)C1. The van der Waals surface area contributed by atoms with E-state index in [1.54, 1.807) is 6.07 Å². The summed E-state index contributed by atoms with van der Waals surface area (Å²) < 4.78 is 13.6. The smallest absolute Gasteiger partial charge is 0.221 e. The van der Waals surface area contributed by atoms with Crippen molar-refractivity contribution in [1.82, 2.24) is 10.6 Å². The molecule has 1 saturated carbocycles. The second-order valence-corrected chi connectivity index (χ2v) is 6.29. The van der Waals surface area contributed by atoms with Gasteiger partial charge in [0.15, 0.2) is 0 Å². The summed E-state index contributed by atoms with van der Waals surface area (Å²) in [5.74, 6) is 0.795. The summed E-state index contributed by atoms with van der Waals surface area (Å²) in [7, 11) is 0. The summed E-state index contributed by atoms with van der Waals surface area (Å²) in [6.07, 6.45) is 2.41. The van der Waals surface area contributed by atoms with E-state index in [4.69, 9.17) is 0 Å². The molecular formula is C17H25FN2O. The maximum Gasteiger partial charge on any atom is 0.221 e. The second kappa shape index (κ2) is 7.55. The first-order valence-corrected chi connectivity index (χ1v) is 7.80. The summed E-state index contributed by atoms with van der Waals surface area (Å²) in [5, 5.41) is 6.28.